The third-order valence-corrected chi connectivity index (χ3v) is 4.11. The monoisotopic (exact) mass is 338 g/mol. The maximum absolute atomic E-state index is 12.0. The predicted octanol–water partition coefficient (Wildman–Crippen LogP) is 3.30. The summed E-state index contributed by atoms with van der Waals surface area (Å²) in [6.07, 6.45) is 0.0212. The van der Waals surface area contributed by atoms with Gasteiger partial charge >= 0.3 is 5.97 Å². The molecule has 0 aliphatic carbocycles. The van der Waals surface area contributed by atoms with Gasteiger partial charge in [0.25, 0.3) is 5.91 Å². The highest BCUT2D eigenvalue weighted by atomic mass is 35.5. The average Bonchev–Trinajstić information content (AvgIpc) is 2.94. The lowest BCUT2D eigenvalue weighted by Crippen LogP contribution is -2.29. The Morgan fingerprint density at radius 1 is 1.36 bits per heavy atom. The number of carbonyl (C=O) groups excluding carboxylic acids is 1. The molecule has 0 radical (unpaired) electrons. The molecule has 1 heterocycles. The highest BCUT2D eigenvalue weighted by molar-refractivity contribution is 7.13. The minimum Gasteiger partial charge on any atom is -0.481 e. The number of amides is 1. The van der Waals surface area contributed by atoms with Crippen LogP contribution in [-0.2, 0) is 4.79 Å². The predicted molar refractivity (Wildman–Crippen MR) is 86.3 cm³/mol. The number of hydrogen-bond acceptors (Lipinski definition) is 4. The van der Waals surface area contributed by atoms with Crippen LogP contribution in [0.1, 0.15) is 23.8 Å². The normalized spacial score (nSPS) is 11.9. The van der Waals surface area contributed by atoms with Crippen LogP contribution >= 0.6 is 22.9 Å². The summed E-state index contributed by atoms with van der Waals surface area (Å²) in [7, 11) is 0. The van der Waals surface area contributed by atoms with E-state index in [1.807, 2.05) is 12.1 Å². The molecule has 1 amide bonds. The van der Waals surface area contributed by atoms with E-state index in [-0.39, 0.29) is 18.2 Å². The Balaban J connectivity index is 1.97. The first kappa shape index (κ1) is 16.5. The number of halogens is 1. The molecule has 1 aromatic carbocycles. The van der Waals surface area contributed by atoms with E-state index in [0.29, 0.717) is 17.3 Å². The zero-order valence-corrected chi connectivity index (χ0v) is 13.4. The van der Waals surface area contributed by atoms with Gasteiger partial charge < -0.3 is 10.4 Å². The molecule has 7 heteroatoms. The van der Waals surface area contributed by atoms with E-state index in [1.54, 1.807) is 24.4 Å². The molecule has 5 nitrogen and oxygen atoms in total. The number of nitrogens with zero attached hydrogens (tertiary/aromatic N) is 1. The van der Waals surface area contributed by atoms with Gasteiger partial charge in [-0.25, -0.2) is 4.98 Å². The van der Waals surface area contributed by atoms with Gasteiger partial charge in [-0.05, 0) is 18.1 Å². The number of rotatable bonds is 6. The van der Waals surface area contributed by atoms with E-state index < -0.39 is 5.97 Å². The maximum atomic E-state index is 12.0. The molecule has 0 saturated carbocycles. The highest BCUT2D eigenvalue weighted by Gasteiger charge is 2.14. The van der Waals surface area contributed by atoms with Gasteiger partial charge in [-0.15, -0.1) is 11.3 Å². The highest BCUT2D eigenvalue weighted by Crippen LogP contribution is 2.25. The Morgan fingerprint density at radius 2 is 2.05 bits per heavy atom. The van der Waals surface area contributed by atoms with Gasteiger partial charge in [0.05, 0.1) is 0 Å². The van der Waals surface area contributed by atoms with Gasteiger partial charge in [0.2, 0.25) is 0 Å². The van der Waals surface area contributed by atoms with Crippen LogP contribution in [0.15, 0.2) is 29.6 Å². The fraction of sp³-hybridized carbons (Fsp3) is 0.267. The molecular formula is C15H15ClN2O3S. The second-order valence-electron chi connectivity index (χ2n) is 4.96. The fourth-order valence-corrected chi connectivity index (χ4v) is 2.76. The van der Waals surface area contributed by atoms with Gasteiger partial charge in [0.1, 0.15) is 10.7 Å². The van der Waals surface area contributed by atoms with Crippen molar-refractivity contribution in [2.24, 2.45) is 5.92 Å². The standard InChI is InChI=1S/C15H15ClN2O3S/c1-9(6-13(19)20)7-17-14(21)12-8-22-15(18-12)10-2-4-11(16)5-3-10/h2-5,8-9H,6-7H2,1H3,(H,17,21)(H,19,20). The summed E-state index contributed by atoms with van der Waals surface area (Å²) in [5.41, 5.74) is 1.23. The van der Waals surface area contributed by atoms with E-state index in [9.17, 15) is 9.59 Å². The molecule has 2 aromatic rings. The Labute approximate surface area is 137 Å². The third kappa shape index (κ3) is 4.54. The van der Waals surface area contributed by atoms with Crippen molar-refractivity contribution < 1.29 is 14.7 Å². The van der Waals surface area contributed by atoms with Gasteiger partial charge in [0.15, 0.2) is 0 Å². The van der Waals surface area contributed by atoms with E-state index in [2.05, 4.69) is 10.3 Å². The molecule has 0 bridgehead atoms. The third-order valence-electron chi connectivity index (χ3n) is 2.96. The summed E-state index contributed by atoms with van der Waals surface area (Å²) in [4.78, 5) is 26.9. The van der Waals surface area contributed by atoms with Crippen LogP contribution in [0.25, 0.3) is 10.6 Å². The number of carboxylic acids is 1. The number of carbonyl (C=O) groups is 2. The summed E-state index contributed by atoms with van der Waals surface area (Å²) >= 11 is 7.21. The Morgan fingerprint density at radius 3 is 2.68 bits per heavy atom. The molecule has 0 saturated heterocycles. The lowest BCUT2D eigenvalue weighted by Gasteiger charge is -2.09. The quantitative estimate of drug-likeness (QED) is 0.847. The molecule has 0 fully saturated rings. The number of hydrogen-bond donors (Lipinski definition) is 2. The van der Waals surface area contributed by atoms with Crippen LogP contribution in [0.2, 0.25) is 5.02 Å². The van der Waals surface area contributed by atoms with Crippen LogP contribution in [-0.4, -0.2) is 28.5 Å². The second-order valence-corrected chi connectivity index (χ2v) is 6.25. The topological polar surface area (TPSA) is 79.3 Å². The molecule has 0 aliphatic heterocycles. The van der Waals surface area contributed by atoms with Crippen LogP contribution < -0.4 is 5.32 Å². The molecule has 2 N–H and O–H groups in total. The molecule has 22 heavy (non-hydrogen) atoms. The zero-order valence-electron chi connectivity index (χ0n) is 11.9. The summed E-state index contributed by atoms with van der Waals surface area (Å²) < 4.78 is 0. The van der Waals surface area contributed by atoms with E-state index >= 15 is 0 Å². The number of aromatic nitrogens is 1. The number of aliphatic carboxylic acids is 1. The summed E-state index contributed by atoms with van der Waals surface area (Å²) in [6, 6.07) is 7.23. The van der Waals surface area contributed by atoms with Crippen LogP contribution in [0.5, 0.6) is 0 Å². The minimum atomic E-state index is -0.875. The second kappa shape index (κ2) is 7.38. The number of nitrogens with one attached hydrogen (secondary N) is 1. The van der Waals surface area contributed by atoms with Crippen LogP contribution in [0.3, 0.4) is 0 Å². The van der Waals surface area contributed by atoms with Crippen molar-refractivity contribution in [3.05, 3.63) is 40.4 Å². The molecule has 1 atom stereocenters. The lowest BCUT2D eigenvalue weighted by molar-refractivity contribution is -0.137. The first-order valence-corrected chi connectivity index (χ1v) is 7.93. The Hall–Kier alpha value is -1.92. The average molecular weight is 339 g/mol. The SMILES string of the molecule is CC(CNC(=O)c1csc(-c2ccc(Cl)cc2)n1)CC(=O)O. The van der Waals surface area contributed by atoms with Crippen molar-refractivity contribution in [3.8, 4) is 10.6 Å². The van der Waals surface area contributed by atoms with Gasteiger partial charge in [-0.3, -0.25) is 9.59 Å². The Bertz CT molecular complexity index is 670. The maximum Gasteiger partial charge on any atom is 0.303 e. The van der Waals surface area contributed by atoms with Crippen molar-refractivity contribution in [1.29, 1.82) is 0 Å². The van der Waals surface area contributed by atoms with E-state index in [1.165, 1.54) is 11.3 Å². The van der Waals surface area contributed by atoms with Crippen LogP contribution in [0.4, 0.5) is 0 Å². The minimum absolute atomic E-state index is 0.0212. The van der Waals surface area contributed by atoms with Crippen molar-refractivity contribution in [1.82, 2.24) is 10.3 Å². The van der Waals surface area contributed by atoms with Crippen molar-refractivity contribution >= 4 is 34.8 Å². The molecule has 1 aromatic heterocycles. The number of benzene rings is 1. The molecular weight excluding hydrogens is 324 g/mol. The largest absolute Gasteiger partial charge is 0.481 e. The summed E-state index contributed by atoms with van der Waals surface area (Å²) in [5, 5.41) is 14.4. The first-order chi connectivity index (χ1) is 10.5. The molecule has 116 valence electrons. The van der Waals surface area contributed by atoms with Crippen molar-refractivity contribution in [2.75, 3.05) is 6.54 Å². The van der Waals surface area contributed by atoms with Gasteiger partial charge in [0, 0.05) is 28.9 Å². The smallest absolute Gasteiger partial charge is 0.303 e. The number of thiazole rings is 1. The van der Waals surface area contributed by atoms with Crippen LogP contribution in [0, 0.1) is 5.92 Å². The van der Waals surface area contributed by atoms with Crippen molar-refractivity contribution in [3.63, 3.8) is 0 Å². The zero-order chi connectivity index (χ0) is 16.1. The molecule has 2 rings (SSSR count). The molecule has 0 aliphatic rings. The lowest BCUT2D eigenvalue weighted by atomic mass is 10.1. The first-order valence-electron chi connectivity index (χ1n) is 6.67. The van der Waals surface area contributed by atoms with E-state index in [4.69, 9.17) is 16.7 Å². The molecule has 0 spiro atoms. The number of carboxylic acid groups (broad SMARTS) is 1. The summed E-state index contributed by atoms with van der Waals surface area (Å²) in [5.74, 6) is -1.30. The van der Waals surface area contributed by atoms with Gasteiger partial charge in [-0.2, -0.15) is 0 Å². The fourth-order valence-electron chi connectivity index (χ4n) is 1.83. The van der Waals surface area contributed by atoms with Gasteiger partial charge in [-0.1, -0.05) is 30.7 Å². The van der Waals surface area contributed by atoms with Crippen molar-refractivity contribution in [2.45, 2.75) is 13.3 Å². The van der Waals surface area contributed by atoms with E-state index in [0.717, 1.165) is 10.6 Å². The Kier molecular flexibility index (Phi) is 5.51. The summed E-state index contributed by atoms with van der Waals surface area (Å²) in [6.45, 7) is 2.08. The molecule has 1 unspecified atom stereocenters.